The molecule has 0 spiro atoms. The minimum Gasteiger partial charge on any atom is -0.497 e. The molecule has 0 radical (unpaired) electrons. The zero-order chi connectivity index (χ0) is 14.8. The van der Waals surface area contributed by atoms with Crippen LogP contribution in [0.4, 0.5) is 0 Å². The largest absolute Gasteiger partial charge is 0.497 e. The van der Waals surface area contributed by atoms with E-state index < -0.39 is 12.2 Å². The molecule has 2 atom stereocenters. The average Bonchev–Trinajstić information content (AvgIpc) is 2.54. The van der Waals surface area contributed by atoms with E-state index in [0.717, 1.165) is 11.1 Å². The molecule has 4 heteroatoms. The molecule has 21 heavy (non-hydrogen) atoms. The smallest absolute Gasteiger partial charge is 0.211 e. The Kier molecular flexibility index (Phi) is 3.62. The van der Waals surface area contributed by atoms with E-state index in [1.807, 2.05) is 30.3 Å². The molecule has 0 saturated carbocycles. The first-order valence-corrected chi connectivity index (χ1v) is 6.70. The van der Waals surface area contributed by atoms with Crippen LogP contribution in [0.5, 0.6) is 11.5 Å². The van der Waals surface area contributed by atoms with Gasteiger partial charge < -0.3 is 14.2 Å². The molecule has 2 aromatic rings. The summed E-state index contributed by atoms with van der Waals surface area (Å²) in [5, 5.41) is 0. The van der Waals surface area contributed by atoms with E-state index in [4.69, 9.17) is 14.2 Å². The van der Waals surface area contributed by atoms with Gasteiger partial charge in [-0.05, 0) is 17.7 Å². The monoisotopic (exact) mass is 284 g/mol. The third kappa shape index (κ3) is 2.38. The third-order valence-corrected chi connectivity index (χ3v) is 3.60. The highest BCUT2D eigenvalue weighted by atomic mass is 16.5. The summed E-state index contributed by atoms with van der Waals surface area (Å²) in [6, 6.07) is 14.8. The quantitative estimate of drug-likeness (QED) is 0.869. The van der Waals surface area contributed by atoms with Gasteiger partial charge >= 0.3 is 0 Å². The Balaban J connectivity index is 2.05. The maximum atomic E-state index is 12.6. The lowest BCUT2D eigenvalue weighted by Crippen LogP contribution is -2.31. The van der Waals surface area contributed by atoms with Crippen molar-refractivity contribution in [1.82, 2.24) is 0 Å². The summed E-state index contributed by atoms with van der Waals surface area (Å²) in [7, 11) is 3.13. The number of methoxy groups -OCH3 is 2. The van der Waals surface area contributed by atoms with E-state index in [1.54, 1.807) is 25.3 Å². The first-order chi connectivity index (χ1) is 10.2. The predicted octanol–water partition coefficient (Wildman–Crippen LogP) is 3.09. The van der Waals surface area contributed by atoms with Crippen molar-refractivity contribution in [3.8, 4) is 11.5 Å². The van der Waals surface area contributed by atoms with Gasteiger partial charge in [-0.1, -0.05) is 30.3 Å². The molecule has 1 aliphatic heterocycles. The topological polar surface area (TPSA) is 44.8 Å². The van der Waals surface area contributed by atoms with Gasteiger partial charge in [0.15, 0.2) is 6.10 Å². The summed E-state index contributed by atoms with van der Waals surface area (Å²) in [5.74, 6) is 1.21. The molecule has 4 nitrogen and oxygen atoms in total. The van der Waals surface area contributed by atoms with Gasteiger partial charge in [-0.25, -0.2) is 0 Å². The number of carbonyl (C=O) groups is 1. The van der Waals surface area contributed by atoms with E-state index in [0.29, 0.717) is 11.5 Å². The lowest BCUT2D eigenvalue weighted by atomic mass is 9.93. The fraction of sp³-hybridized carbons (Fsp3) is 0.235. The molecule has 3 rings (SSSR count). The van der Waals surface area contributed by atoms with Gasteiger partial charge in [0.25, 0.3) is 0 Å². The number of carbonyl (C=O) groups excluding carboxylic acids is 1. The van der Waals surface area contributed by atoms with Crippen molar-refractivity contribution in [2.45, 2.75) is 12.2 Å². The van der Waals surface area contributed by atoms with Crippen molar-refractivity contribution >= 4 is 5.78 Å². The van der Waals surface area contributed by atoms with E-state index >= 15 is 0 Å². The van der Waals surface area contributed by atoms with Crippen LogP contribution in [-0.2, 0) is 9.53 Å². The summed E-state index contributed by atoms with van der Waals surface area (Å²) < 4.78 is 16.5. The molecule has 0 amide bonds. The second-order valence-corrected chi connectivity index (χ2v) is 4.83. The molecule has 0 N–H and O–H groups in total. The number of ether oxygens (including phenoxy) is 3. The lowest BCUT2D eigenvalue weighted by molar-refractivity contribution is -0.139. The molecule has 0 bridgehead atoms. The van der Waals surface area contributed by atoms with Crippen LogP contribution in [0.2, 0.25) is 0 Å². The number of rotatable bonds is 3. The number of benzene rings is 2. The van der Waals surface area contributed by atoms with Crippen LogP contribution in [0.1, 0.15) is 23.3 Å². The normalized spacial score (nSPS) is 20.6. The van der Waals surface area contributed by atoms with E-state index in [2.05, 4.69) is 0 Å². The Morgan fingerprint density at radius 2 is 1.81 bits per heavy atom. The van der Waals surface area contributed by atoms with E-state index in [9.17, 15) is 4.79 Å². The third-order valence-electron chi connectivity index (χ3n) is 3.60. The van der Waals surface area contributed by atoms with Gasteiger partial charge in [-0.15, -0.1) is 0 Å². The fourth-order valence-corrected chi connectivity index (χ4v) is 2.54. The molecule has 0 saturated heterocycles. The molecule has 0 fully saturated rings. The SMILES string of the molecule is COc1ccc2c(c1)OC(c1ccccc1)C(=O)C2OC. The molecule has 108 valence electrons. The molecule has 2 aromatic carbocycles. The summed E-state index contributed by atoms with van der Waals surface area (Å²) >= 11 is 0. The van der Waals surface area contributed by atoms with Gasteiger partial charge in [0.2, 0.25) is 5.78 Å². The van der Waals surface area contributed by atoms with Gasteiger partial charge in [-0.2, -0.15) is 0 Å². The summed E-state index contributed by atoms with van der Waals surface area (Å²) in [6.07, 6.45) is -1.28. The Hall–Kier alpha value is -2.33. The van der Waals surface area contributed by atoms with Crippen molar-refractivity contribution < 1.29 is 19.0 Å². The maximum absolute atomic E-state index is 12.6. The zero-order valence-electron chi connectivity index (χ0n) is 11.9. The van der Waals surface area contributed by atoms with Crippen LogP contribution >= 0.6 is 0 Å². The van der Waals surface area contributed by atoms with Gasteiger partial charge in [0, 0.05) is 18.7 Å². The van der Waals surface area contributed by atoms with Crippen molar-refractivity contribution in [1.29, 1.82) is 0 Å². The molecule has 2 unspecified atom stereocenters. The summed E-state index contributed by atoms with van der Waals surface area (Å²) in [6.45, 7) is 0. The summed E-state index contributed by atoms with van der Waals surface area (Å²) in [4.78, 5) is 12.6. The number of fused-ring (bicyclic) bond motifs is 1. The Morgan fingerprint density at radius 3 is 2.48 bits per heavy atom. The van der Waals surface area contributed by atoms with Crippen molar-refractivity contribution in [2.24, 2.45) is 0 Å². The highest BCUT2D eigenvalue weighted by molar-refractivity contribution is 5.92. The zero-order valence-corrected chi connectivity index (χ0v) is 11.9. The van der Waals surface area contributed by atoms with Gasteiger partial charge in [0.1, 0.15) is 17.6 Å². The standard InChI is InChI=1S/C17H16O4/c1-19-12-8-9-13-14(10-12)21-16(15(18)17(13)20-2)11-6-4-3-5-7-11/h3-10,16-17H,1-2H3. The van der Waals surface area contributed by atoms with Crippen molar-refractivity contribution in [2.75, 3.05) is 14.2 Å². The van der Waals surface area contributed by atoms with Gasteiger partial charge in [-0.3, -0.25) is 4.79 Å². The van der Waals surface area contributed by atoms with Crippen LogP contribution in [0, 0.1) is 0 Å². The van der Waals surface area contributed by atoms with Crippen LogP contribution in [0.15, 0.2) is 48.5 Å². The minimum atomic E-state index is -0.657. The van der Waals surface area contributed by atoms with Crippen LogP contribution < -0.4 is 9.47 Å². The van der Waals surface area contributed by atoms with E-state index in [1.165, 1.54) is 7.11 Å². The molecule has 0 aliphatic carbocycles. The molecule has 1 heterocycles. The highest BCUT2D eigenvalue weighted by Gasteiger charge is 2.38. The second kappa shape index (κ2) is 5.58. The van der Waals surface area contributed by atoms with E-state index in [-0.39, 0.29) is 5.78 Å². The first-order valence-electron chi connectivity index (χ1n) is 6.70. The summed E-state index contributed by atoms with van der Waals surface area (Å²) in [5.41, 5.74) is 1.55. The average molecular weight is 284 g/mol. The second-order valence-electron chi connectivity index (χ2n) is 4.83. The fourth-order valence-electron chi connectivity index (χ4n) is 2.54. The Labute approximate surface area is 123 Å². The number of hydrogen-bond acceptors (Lipinski definition) is 4. The lowest BCUT2D eigenvalue weighted by Gasteiger charge is -2.30. The van der Waals surface area contributed by atoms with Crippen molar-refractivity contribution in [3.05, 3.63) is 59.7 Å². The molecule has 0 aromatic heterocycles. The van der Waals surface area contributed by atoms with Crippen LogP contribution in [0.25, 0.3) is 0 Å². The molecular formula is C17H16O4. The first kappa shape index (κ1) is 13.6. The van der Waals surface area contributed by atoms with Crippen molar-refractivity contribution in [3.63, 3.8) is 0 Å². The maximum Gasteiger partial charge on any atom is 0.211 e. The number of hydrogen-bond donors (Lipinski definition) is 0. The number of Topliss-reactive ketones (excluding diaryl/α,β-unsaturated/α-hetero) is 1. The number of ketones is 1. The molecule has 1 aliphatic rings. The minimum absolute atomic E-state index is 0.0960. The van der Waals surface area contributed by atoms with Crippen LogP contribution in [0.3, 0.4) is 0 Å². The van der Waals surface area contributed by atoms with Gasteiger partial charge in [0.05, 0.1) is 7.11 Å². The highest BCUT2D eigenvalue weighted by Crippen LogP contribution is 2.41. The molecular weight excluding hydrogens is 268 g/mol. The Morgan fingerprint density at radius 1 is 1.05 bits per heavy atom. The predicted molar refractivity (Wildman–Crippen MR) is 77.6 cm³/mol. The van der Waals surface area contributed by atoms with Crippen LogP contribution in [-0.4, -0.2) is 20.0 Å². The Bertz CT molecular complexity index is 651.